The molecule has 14 rings (SSSR count). The van der Waals surface area contributed by atoms with Gasteiger partial charge < -0.3 is 30.3 Å². The molecule has 1 aliphatic carbocycles. The summed E-state index contributed by atoms with van der Waals surface area (Å²) in [6.45, 7) is 0. The first-order valence-electron chi connectivity index (χ1n) is 30.8. The fraction of sp³-hybridized carbons (Fsp3) is 0.0698. The molecule has 0 unspecified atom stereocenters. The van der Waals surface area contributed by atoms with E-state index in [9.17, 15) is 0 Å². The molecule has 13 aromatic rings. The third-order valence-electron chi connectivity index (χ3n) is 16.7. The zero-order chi connectivity index (χ0) is 62.6. The molecule has 0 radical (unpaired) electrons. The van der Waals surface area contributed by atoms with Gasteiger partial charge in [-0.1, -0.05) is 170 Å². The summed E-state index contributed by atoms with van der Waals surface area (Å²) in [5.41, 5.74) is 10.2. The normalized spacial score (nSPS) is 10.5. The fourth-order valence-electron chi connectivity index (χ4n) is 12.1. The van der Waals surface area contributed by atoms with Crippen molar-refractivity contribution in [1.82, 2.24) is 4.57 Å². The van der Waals surface area contributed by atoms with E-state index in [0.29, 0.717) is 0 Å². The first kappa shape index (κ1) is 75.7. The van der Waals surface area contributed by atoms with Crippen molar-refractivity contribution in [3.05, 3.63) is 375 Å². The van der Waals surface area contributed by atoms with Crippen LogP contribution in [0.1, 0.15) is 33.4 Å². The van der Waals surface area contributed by atoms with Crippen LogP contribution in [0.2, 0.25) is 0 Å². The molecule has 0 fully saturated rings. The van der Waals surface area contributed by atoms with Gasteiger partial charge in [-0.25, -0.2) is 0 Å². The third kappa shape index (κ3) is 19.8. The van der Waals surface area contributed by atoms with E-state index in [1.54, 1.807) is 0 Å². The molecule has 1 heterocycles. The molecule has 1 aromatic heterocycles. The average molecular weight is 2030 g/mol. The van der Waals surface area contributed by atoms with E-state index < -0.39 is 31.7 Å². The summed E-state index contributed by atoms with van der Waals surface area (Å²) in [5.74, 6) is 9.65. The molecule has 0 aliphatic heterocycles. The van der Waals surface area contributed by atoms with Gasteiger partial charge in [-0.15, -0.1) is 70.8 Å². The van der Waals surface area contributed by atoms with E-state index in [1.165, 1.54) is 78.2 Å². The molecule has 95 heavy (non-hydrogen) atoms. The number of hydrogen-bond acceptors (Lipinski definition) is 0. The SMILES string of the molecule is [Au+].[Au+].[Au+].[Au+].[C-]#Cc1ccc2c(c1)-c1cc(C#[C-])ccc1C2.[C-]#Cc1ccc2c(c1)c1cc(C#[C-])ccc1n2C.c1ccc([PH+](CC[PH+](c2ccccc2)c2ccccc2)c2ccccc2)cc1.c1ccc([PH+](CC[PH+](c2ccccc2)c2ccccc2)c2ccccc2)cc1. The fourth-order valence-corrected chi connectivity index (χ4v) is 24.5. The van der Waals surface area contributed by atoms with Crippen molar-refractivity contribution in [1.29, 1.82) is 0 Å². The minimum Gasteiger partial charge on any atom is -0.366 e. The van der Waals surface area contributed by atoms with Gasteiger partial charge in [-0.05, 0) is 137 Å². The van der Waals surface area contributed by atoms with Crippen LogP contribution in [0, 0.1) is 49.4 Å². The summed E-state index contributed by atoms with van der Waals surface area (Å²) in [6.07, 6.45) is 34.8. The van der Waals surface area contributed by atoms with E-state index in [1.807, 2.05) is 67.7 Å². The molecule has 9 heteroatoms. The predicted octanol–water partition coefficient (Wildman–Crippen LogP) is 15.8. The van der Waals surface area contributed by atoms with Gasteiger partial charge in [0.15, 0.2) is 0 Å². The topological polar surface area (TPSA) is 4.93 Å². The quantitative estimate of drug-likeness (QED) is 0.0443. The second-order valence-corrected chi connectivity index (χ2v) is 32.7. The first-order chi connectivity index (χ1) is 44.9. The van der Waals surface area contributed by atoms with Gasteiger partial charge in [0.1, 0.15) is 24.6 Å². The molecular formula is C86H69Au4NP4+4. The Labute approximate surface area is 630 Å². The van der Waals surface area contributed by atoms with E-state index in [4.69, 9.17) is 25.7 Å². The van der Waals surface area contributed by atoms with Crippen LogP contribution in [-0.4, -0.2) is 29.2 Å². The van der Waals surface area contributed by atoms with Gasteiger partial charge in [0, 0.05) is 18.1 Å². The zero-order valence-electron chi connectivity index (χ0n) is 52.2. The molecule has 0 amide bonds. The van der Waals surface area contributed by atoms with Gasteiger partial charge in [0.05, 0.1) is 74.1 Å². The average Bonchev–Trinajstić information content (AvgIpc) is 1.64. The number of aromatic nitrogens is 1. The summed E-state index contributed by atoms with van der Waals surface area (Å²) in [5, 5.41) is 14.3. The van der Waals surface area contributed by atoms with E-state index in [2.05, 4.69) is 283 Å². The van der Waals surface area contributed by atoms with E-state index >= 15 is 0 Å². The number of rotatable bonds is 14. The van der Waals surface area contributed by atoms with Crippen LogP contribution in [0.3, 0.4) is 0 Å². The number of nitrogens with zero attached hydrogens (tertiary/aromatic N) is 1. The van der Waals surface area contributed by atoms with Crippen LogP contribution in [0.5, 0.6) is 0 Å². The van der Waals surface area contributed by atoms with Crippen molar-refractivity contribution in [3.8, 4) is 34.8 Å². The summed E-state index contributed by atoms with van der Waals surface area (Å²) in [6, 6.07) is 113. The molecule has 0 bridgehead atoms. The summed E-state index contributed by atoms with van der Waals surface area (Å²) in [7, 11) is -1.11. The van der Waals surface area contributed by atoms with Crippen molar-refractivity contribution < 1.29 is 89.5 Å². The van der Waals surface area contributed by atoms with E-state index in [0.717, 1.165) is 61.6 Å². The van der Waals surface area contributed by atoms with Crippen molar-refractivity contribution >= 4 is 95.9 Å². The predicted molar refractivity (Wildman–Crippen MR) is 401 cm³/mol. The van der Waals surface area contributed by atoms with Crippen LogP contribution in [0.15, 0.2) is 315 Å². The van der Waals surface area contributed by atoms with Crippen LogP contribution in [0.4, 0.5) is 0 Å². The summed E-state index contributed by atoms with van der Waals surface area (Å²) in [4.78, 5) is 0. The van der Waals surface area contributed by atoms with Gasteiger partial charge in [0.2, 0.25) is 0 Å². The summed E-state index contributed by atoms with van der Waals surface area (Å²) >= 11 is 0. The number of hydrogen-bond donors (Lipinski definition) is 0. The molecule has 0 spiro atoms. The Hall–Kier alpha value is -6.64. The van der Waals surface area contributed by atoms with Crippen LogP contribution in [0.25, 0.3) is 32.9 Å². The largest absolute Gasteiger partial charge is 1.00 e. The number of aryl methyl sites for hydroxylation is 1. The van der Waals surface area contributed by atoms with E-state index in [-0.39, 0.29) is 89.5 Å². The first-order valence-corrected chi connectivity index (χ1v) is 37.6. The summed E-state index contributed by atoms with van der Waals surface area (Å²) < 4.78 is 2.12. The van der Waals surface area contributed by atoms with Gasteiger partial charge in [0.25, 0.3) is 0 Å². The number of fused-ring (bicyclic) bond motifs is 6. The minimum absolute atomic E-state index is 0. The Morgan fingerprint density at radius 2 is 0.474 bits per heavy atom. The van der Waals surface area contributed by atoms with Crippen molar-refractivity contribution in [2.45, 2.75) is 6.42 Å². The molecule has 1 nitrogen and oxygen atoms in total. The molecule has 0 saturated heterocycles. The Morgan fingerprint density at radius 1 is 0.274 bits per heavy atom. The Kier molecular flexibility index (Phi) is 31.0. The Morgan fingerprint density at radius 3 is 0.684 bits per heavy atom. The zero-order valence-corrected chi connectivity index (χ0v) is 64.9. The van der Waals surface area contributed by atoms with Gasteiger partial charge in [-0.2, -0.15) is 0 Å². The number of benzene rings is 12. The van der Waals surface area contributed by atoms with Gasteiger partial charge >= 0.3 is 89.5 Å². The molecular weight excluding hydrogens is 1960 g/mol. The van der Waals surface area contributed by atoms with Crippen molar-refractivity contribution in [2.75, 3.05) is 24.6 Å². The molecule has 478 valence electrons. The standard InChI is InChI=1S/2C26H24P2.C17H9N.C17H8.4Au/c2*1-5-13-23(14-6-1)27(24-15-7-2-8-16-24)21-22-28(25-17-9-3-10-18-25)26-19-11-4-12-20-26;1-4-12-6-8-16-14(10-12)15-11-13(5-2)7-9-17(15)18(16)3;1-3-12-5-7-14-11-15-8-6-13(4-2)10-17(15)16(14)9-12;;;;/h2*1-20H,21-22H2;6-11H,3H3;5-10H,11H2;;;;/q;;2*-2;4*+1/p+4. The molecule has 0 saturated carbocycles. The van der Waals surface area contributed by atoms with Crippen LogP contribution in [-0.2, 0) is 103 Å². The maximum Gasteiger partial charge on any atom is 1.00 e. The maximum atomic E-state index is 7.21. The molecule has 0 N–H and O–H groups in total. The monoisotopic (exact) mass is 2030 g/mol. The minimum atomic E-state index is -0.783. The maximum absolute atomic E-state index is 7.21. The second-order valence-electron chi connectivity index (χ2n) is 22.3. The molecule has 0 atom stereocenters. The second kappa shape index (κ2) is 38.9. The van der Waals surface area contributed by atoms with Crippen LogP contribution < -0.4 is 42.4 Å². The van der Waals surface area contributed by atoms with Crippen molar-refractivity contribution in [3.63, 3.8) is 0 Å². The Bertz CT molecular complexity index is 4060. The molecule has 1 aliphatic rings. The smallest absolute Gasteiger partial charge is 0.366 e. The Balaban J connectivity index is 0.000000180. The van der Waals surface area contributed by atoms with Crippen molar-refractivity contribution in [2.24, 2.45) is 7.05 Å². The van der Waals surface area contributed by atoms with Crippen LogP contribution >= 0.6 is 31.7 Å². The van der Waals surface area contributed by atoms with Gasteiger partial charge in [-0.3, -0.25) is 23.7 Å². The third-order valence-corrected chi connectivity index (χ3v) is 28.9. The molecule has 12 aromatic carbocycles.